The Kier molecular flexibility index (Phi) is 5.01. The van der Waals surface area contributed by atoms with E-state index < -0.39 is 0 Å². The molecule has 1 aromatic heterocycles. The van der Waals surface area contributed by atoms with Gasteiger partial charge in [-0.1, -0.05) is 23.4 Å². The highest BCUT2D eigenvalue weighted by Gasteiger charge is 2.46. The molecule has 1 saturated heterocycles. The average Bonchev–Trinajstić information content (AvgIpc) is 3.28. The minimum Gasteiger partial charge on any atom is -0.389 e. The lowest BCUT2D eigenvalue weighted by Gasteiger charge is -2.17. The standard InChI is InChI=1S/C20H19FN4O3/c21-15-5-1-3-13(7-15)8-18(26)25-11-16-17(12-25)28-24-19(16)20(27)23-10-14-4-2-6-22-9-14/h1-7,9,16-17H,8,10-12H2,(H,23,27)/t16-,17+/m0/s1. The zero-order chi connectivity index (χ0) is 19.5. The van der Waals surface area contributed by atoms with E-state index in [1.54, 1.807) is 35.5 Å². The van der Waals surface area contributed by atoms with Gasteiger partial charge in [0.05, 0.1) is 18.9 Å². The number of oxime groups is 1. The van der Waals surface area contributed by atoms with E-state index in [9.17, 15) is 14.0 Å². The van der Waals surface area contributed by atoms with E-state index >= 15 is 0 Å². The molecule has 1 fully saturated rings. The van der Waals surface area contributed by atoms with Gasteiger partial charge < -0.3 is 15.1 Å². The highest BCUT2D eigenvalue weighted by Crippen LogP contribution is 2.27. The molecule has 0 unspecified atom stereocenters. The summed E-state index contributed by atoms with van der Waals surface area (Å²) in [6.45, 7) is 1.06. The molecule has 2 amide bonds. The van der Waals surface area contributed by atoms with Crippen molar-refractivity contribution in [3.63, 3.8) is 0 Å². The number of rotatable bonds is 5. The third-order valence-corrected chi connectivity index (χ3v) is 4.91. The second-order valence-electron chi connectivity index (χ2n) is 6.88. The smallest absolute Gasteiger partial charge is 0.269 e. The number of halogens is 1. The zero-order valence-corrected chi connectivity index (χ0v) is 15.0. The molecule has 144 valence electrons. The second kappa shape index (κ2) is 7.75. The summed E-state index contributed by atoms with van der Waals surface area (Å²) in [7, 11) is 0. The number of amides is 2. The van der Waals surface area contributed by atoms with Crippen molar-refractivity contribution in [3.05, 3.63) is 65.7 Å². The second-order valence-corrected chi connectivity index (χ2v) is 6.88. The Hall–Kier alpha value is -3.29. The van der Waals surface area contributed by atoms with Crippen LogP contribution in [0.2, 0.25) is 0 Å². The Bertz CT molecular complexity index is 919. The number of carbonyl (C=O) groups is 2. The molecule has 0 spiro atoms. The van der Waals surface area contributed by atoms with Crippen LogP contribution in [-0.4, -0.2) is 46.6 Å². The largest absolute Gasteiger partial charge is 0.389 e. The van der Waals surface area contributed by atoms with Gasteiger partial charge in [-0.05, 0) is 29.3 Å². The Morgan fingerprint density at radius 2 is 2.07 bits per heavy atom. The van der Waals surface area contributed by atoms with Gasteiger partial charge >= 0.3 is 0 Å². The molecule has 0 bridgehead atoms. The maximum atomic E-state index is 13.3. The fourth-order valence-electron chi connectivity index (χ4n) is 3.46. The van der Waals surface area contributed by atoms with Crippen molar-refractivity contribution < 1.29 is 18.8 Å². The fraction of sp³-hybridized carbons (Fsp3) is 0.300. The molecule has 4 rings (SSSR count). The first-order chi connectivity index (χ1) is 13.6. The molecule has 2 aliphatic heterocycles. The van der Waals surface area contributed by atoms with Crippen molar-refractivity contribution in [1.82, 2.24) is 15.2 Å². The fourth-order valence-corrected chi connectivity index (χ4v) is 3.46. The summed E-state index contributed by atoms with van der Waals surface area (Å²) in [6, 6.07) is 9.65. The topological polar surface area (TPSA) is 83.9 Å². The van der Waals surface area contributed by atoms with Crippen LogP contribution in [-0.2, 0) is 27.4 Å². The van der Waals surface area contributed by atoms with Gasteiger partial charge in [0.25, 0.3) is 5.91 Å². The van der Waals surface area contributed by atoms with Gasteiger partial charge in [0, 0.05) is 25.5 Å². The zero-order valence-electron chi connectivity index (χ0n) is 15.0. The monoisotopic (exact) mass is 382 g/mol. The normalized spacial score (nSPS) is 20.3. The van der Waals surface area contributed by atoms with Crippen LogP contribution >= 0.6 is 0 Å². The van der Waals surface area contributed by atoms with E-state index in [0.29, 0.717) is 30.9 Å². The molecule has 1 aromatic carbocycles. The summed E-state index contributed by atoms with van der Waals surface area (Å²) in [5.41, 5.74) is 1.80. The number of nitrogens with zero attached hydrogens (tertiary/aromatic N) is 3. The summed E-state index contributed by atoms with van der Waals surface area (Å²) >= 11 is 0. The van der Waals surface area contributed by atoms with Crippen molar-refractivity contribution in [3.8, 4) is 0 Å². The molecular weight excluding hydrogens is 363 g/mol. The molecule has 8 heteroatoms. The average molecular weight is 382 g/mol. The van der Waals surface area contributed by atoms with Crippen LogP contribution in [0.1, 0.15) is 11.1 Å². The molecule has 28 heavy (non-hydrogen) atoms. The van der Waals surface area contributed by atoms with Crippen molar-refractivity contribution in [1.29, 1.82) is 0 Å². The number of hydrogen-bond acceptors (Lipinski definition) is 5. The number of fused-ring (bicyclic) bond motifs is 1. The number of nitrogens with one attached hydrogen (secondary N) is 1. The minimum absolute atomic E-state index is 0.108. The van der Waals surface area contributed by atoms with E-state index in [0.717, 1.165) is 5.56 Å². The summed E-state index contributed by atoms with van der Waals surface area (Å²) in [6.07, 6.45) is 3.13. The summed E-state index contributed by atoms with van der Waals surface area (Å²) < 4.78 is 13.3. The maximum Gasteiger partial charge on any atom is 0.269 e. The van der Waals surface area contributed by atoms with Crippen LogP contribution < -0.4 is 5.32 Å². The van der Waals surface area contributed by atoms with Crippen LogP contribution in [0.4, 0.5) is 4.39 Å². The number of aromatic nitrogens is 1. The lowest BCUT2D eigenvalue weighted by Crippen LogP contribution is -2.37. The van der Waals surface area contributed by atoms with Gasteiger partial charge in [-0.15, -0.1) is 0 Å². The van der Waals surface area contributed by atoms with Gasteiger partial charge in [-0.25, -0.2) is 4.39 Å². The third kappa shape index (κ3) is 3.85. The number of likely N-dealkylation sites (tertiary alicyclic amines) is 1. The van der Waals surface area contributed by atoms with Gasteiger partial charge in [-0.3, -0.25) is 14.6 Å². The van der Waals surface area contributed by atoms with Gasteiger partial charge in [0.2, 0.25) is 5.91 Å². The molecule has 1 N–H and O–H groups in total. The van der Waals surface area contributed by atoms with Gasteiger partial charge in [0.15, 0.2) is 11.8 Å². The van der Waals surface area contributed by atoms with Crippen LogP contribution in [0.25, 0.3) is 0 Å². The van der Waals surface area contributed by atoms with Crippen LogP contribution in [0, 0.1) is 11.7 Å². The summed E-state index contributed by atoms with van der Waals surface area (Å²) in [5, 5.41) is 6.73. The number of benzene rings is 1. The van der Waals surface area contributed by atoms with Crippen molar-refractivity contribution >= 4 is 17.5 Å². The molecule has 7 nitrogen and oxygen atoms in total. The first-order valence-corrected chi connectivity index (χ1v) is 9.03. The van der Waals surface area contributed by atoms with Crippen LogP contribution in [0.15, 0.2) is 53.9 Å². The molecule has 0 saturated carbocycles. The predicted octanol–water partition coefficient (Wildman–Crippen LogP) is 1.29. The predicted molar refractivity (Wildman–Crippen MR) is 98.6 cm³/mol. The van der Waals surface area contributed by atoms with E-state index in [2.05, 4.69) is 15.5 Å². The van der Waals surface area contributed by atoms with Gasteiger partial charge in [0.1, 0.15) is 5.82 Å². The first kappa shape index (κ1) is 18.1. The quantitative estimate of drug-likeness (QED) is 0.845. The SMILES string of the molecule is O=C(NCc1cccnc1)C1=NO[C@@H]2CN(C(=O)Cc3cccc(F)c3)C[C@H]12. The highest BCUT2D eigenvalue weighted by molar-refractivity contribution is 6.40. The van der Waals surface area contributed by atoms with E-state index in [1.807, 2.05) is 6.07 Å². The first-order valence-electron chi connectivity index (χ1n) is 9.03. The van der Waals surface area contributed by atoms with Crippen LogP contribution in [0.3, 0.4) is 0 Å². The van der Waals surface area contributed by atoms with Crippen molar-refractivity contribution in [2.75, 3.05) is 13.1 Å². The molecular formula is C20H19FN4O3. The molecule has 0 aliphatic carbocycles. The van der Waals surface area contributed by atoms with Crippen LogP contribution in [0.5, 0.6) is 0 Å². The Balaban J connectivity index is 1.34. The Morgan fingerprint density at radius 1 is 1.21 bits per heavy atom. The van der Waals surface area contributed by atoms with E-state index in [-0.39, 0.29) is 36.1 Å². The van der Waals surface area contributed by atoms with Crippen molar-refractivity contribution in [2.45, 2.75) is 19.1 Å². The highest BCUT2D eigenvalue weighted by atomic mass is 19.1. The summed E-state index contributed by atoms with van der Waals surface area (Å²) in [4.78, 5) is 36.0. The van der Waals surface area contributed by atoms with Gasteiger partial charge in [-0.2, -0.15) is 0 Å². The van der Waals surface area contributed by atoms with E-state index in [1.165, 1.54) is 12.1 Å². The molecule has 0 radical (unpaired) electrons. The Labute approximate surface area is 161 Å². The molecule has 2 atom stereocenters. The summed E-state index contributed by atoms with van der Waals surface area (Å²) in [5.74, 6) is -1.06. The third-order valence-electron chi connectivity index (χ3n) is 4.91. The lowest BCUT2D eigenvalue weighted by atomic mass is 10.0. The van der Waals surface area contributed by atoms with E-state index in [4.69, 9.17) is 4.84 Å². The Morgan fingerprint density at radius 3 is 2.86 bits per heavy atom. The minimum atomic E-state index is -0.369. The molecule has 2 aromatic rings. The van der Waals surface area contributed by atoms with Crippen molar-refractivity contribution in [2.24, 2.45) is 11.1 Å². The maximum absolute atomic E-state index is 13.3. The lowest BCUT2D eigenvalue weighted by molar-refractivity contribution is -0.130. The molecule has 2 aliphatic rings. The number of carbonyl (C=O) groups excluding carboxylic acids is 2. The number of hydrogen-bond donors (Lipinski definition) is 1. The molecule has 3 heterocycles. The number of pyridine rings is 1.